The Kier molecular flexibility index (Phi) is 2.87. The van der Waals surface area contributed by atoms with Gasteiger partial charge in [0.25, 0.3) is 0 Å². The van der Waals surface area contributed by atoms with Gasteiger partial charge in [0, 0.05) is 13.3 Å². The molecule has 1 aromatic rings. The molecule has 1 aromatic heterocycles. The zero-order valence-corrected chi connectivity index (χ0v) is 8.67. The second kappa shape index (κ2) is 3.74. The average Bonchev–Trinajstić information content (AvgIpc) is 2.18. The second-order valence-electron chi connectivity index (χ2n) is 2.52. The molecule has 4 nitrogen and oxygen atoms in total. The SMILES string of the molecule is CN=S(C)(=O)c1ccc(OC)cn1. The van der Waals surface area contributed by atoms with Gasteiger partial charge in [0.1, 0.15) is 10.8 Å². The lowest BCUT2D eigenvalue weighted by Gasteiger charge is -2.02. The van der Waals surface area contributed by atoms with E-state index in [4.69, 9.17) is 4.74 Å². The minimum atomic E-state index is -2.31. The molecule has 0 aliphatic heterocycles. The highest BCUT2D eigenvalue weighted by Crippen LogP contribution is 2.12. The molecule has 0 aliphatic rings. The van der Waals surface area contributed by atoms with Crippen LogP contribution in [0.5, 0.6) is 5.75 Å². The van der Waals surface area contributed by atoms with Crippen LogP contribution in [0, 0.1) is 0 Å². The highest BCUT2D eigenvalue weighted by atomic mass is 32.2. The van der Waals surface area contributed by atoms with Gasteiger partial charge in [-0.15, -0.1) is 0 Å². The van der Waals surface area contributed by atoms with Crippen molar-refractivity contribution in [2.75, 3.05) is 20.4 Å². The zero-order chi connectivity index (χ0) is 9.90. The average molecular weight is 200 g/mol. The summed E-state index contributed by atoms with van der Waals surface area (Å²) in [6, 6.07) is 3.38. The number of hydrogen-bond donors (Lipinski definition) is 0. The molecule has 1 heterocycles. The lowest BCUT2D eigenvalue weighted by atomic mass is 10.5. The standard InChI is InChI=1S/C8H12N2O2S/c1-9-13(3,11)8-5-4-7(12-2)6-10-8/h4-6H,1-3H3. The van der Waals surface area contributed by atoms with Gasteiger partial charge < -0.3 is 4.74 Å². The van der Waals surface area contributed by atoms with Crippen molar-refractivity contribution in [3.8, 4) is 5.75 Å². The number of hydrogen-bond acceptors (Lipinski definition) is 4. The smallest absolute Gasteiger partial charge is 0.137 e. The van der Waals surface area contributed by atoms with E-state index >= 15 is 0 Å². The van der Waals surface area contributed by atoms with Crippen LogP contribution in [0.1, 0.15) is 0 Å². The highest BCUT2D eigenvalue weighted by molar-refractivity contribution is 7.92. The Labute approximate surface area is 78.1 Å². The third-order valence-electron chi connectivity index (χ3n) is 1.68. The number of methoxy groups -OCH3 is 1. The summed E-state index contributed by atoms with van der Waals surface area (Å²) in [7, 11) is 0.767. The molecule has 0 spiro atoms. The van der Waals surface area contributed by atoms with Crippen LogP contribution >= 0.6 is 0 Å². The van der Waals surface area contributed by atoms with Crippen molar-refractivity contribution in [2.24, 2.45) is 4.36 Å². The van der Waals surface area contributed by atoms with Crippen LogP contribution in [0.15, 0.2) is 27.7 Å². The fraction of sp³-hybridized carbons (Fsp3) is 0.375. The van der Waals surface area contributed by atoms with Crippen molar-refractivity contribution in [3.63, 3.8) is 0 Å². The van der Waals surface area contributed by atoms with E-state index in [-0.39, 0.29) is 0 Å². The van der Waals surface area contributed by atoms with Crippen molar-refractivity contribution in [2.45, 2.75) is 5.03 Å². The summed E-state index contributed by atoms with van der Waals surface area (Å²) >= 11 is 0. The Morgan fingerprint density at radius 3 is 2.62 bits per heavy atom. The molecule has 0 N–H and O–H groups in total. The van der Waals surface area contributed by atoms with Gasteiger partial charge in [0.15, 0.2) is 0 Å². The maximum atomic E-state index is 11.7. The van der Waals surface area contributed by atoms with Gasteiger partial charge in [0.2, 0.25) is 0 Å². The number of pyridine rings is 1. The largest absolute Gasteiger partial charge is 0.495 e. The topological polar surface area (TPSA) is 51.5 Å². The summed E-state index contributed by atoms with van der Waals surface area (Å²) in [5.41, 5.74) is 0. The van der Waals surface area contributed by atoms with Gasteiger partial charge in [0.05, 0.1) is 23.0 Å². The van der Waals surface area contributed by atoms with Crippen molar-refractivity contribution >= 4 is 9.73 Å². The van der Waals surface area contributed by atoms with E-state index in [1.165, 1.54) is 13.2 Å². The molecule has 0 radical (unpaired) electrons. The van der Waals surface area contributed by atoms with Crippen molar-refractivity contribution in [1.82, 2.24) is 4.98 Å². The monoisotopic (exact) mass is 200 g/mol. The second-order valence-corrected chi connectivity index (χ2v) is 4.91. The maximum Gasteiger partial charge on any atom is 0.137 e. The summed E-state index contributed by atoms with van der Waals surface area (Å²) in [5.74, 6) is 0.648. The molecule has 0 saturated heterocycles. The number of aromatic nitrogens is 1. The minimum absolute atomic E-state index is 0.482. The third-order valence-corrected chi connectivity index (χ3v) is 3.40. The van der Waals surface area contributed by atoms with Gasteiger partial charge in [-0.2, -0.15) is 0 Å². The van der Waals surface area contributed by atoms with E-state index in [9.17, 15) is 4.21 Å². The molecule has 0 saturated carbocycles. The fourth-order valence-electron chi connectivity index (χ4n) is 0.805. The molecule has 1 rings (SSSR count). The van der Waals surface area contributed by atoms with Crippen molar-refractivity contribution in [1.29, 1.82) is 0 Å². The molecular weight excluding hydrogens is 188 g/mol. The molecule has 72 valence electrons. The van der Waals surface area contributed by atoms with Crippen LogP contribution in [0.4, 0.5) is 0 Å². The third kappa shape index (κ3) is 2.18. The van der Waals surface area contributed by atoms with Crippen LogP contribution in [-0.4, -0.2) is 29.6 Å². The van der Waals surface area contributed by atoms with E-state index in [1.807, 2.05) is 0 Å². The van der Waals surface area contributed by atoms with Crippen LogP contribution in [0.3, 0.4) is 0 Å². The van der Waals surface area contributed by atoms with Gasteiger partial charge in [-0.1, -0.05) is 0 Å². The minimum Gasteiger partial charge on any atom is -0.495 e. The summed E-state index contributed by atoms with van der Waals surface area (Å²) in [5, 5.41) is 0.482. The van der Waals surface area contributed by atoms with Gasteiger partial charge in [-0.3, -0.25) is 0 Å². The molecule has 5 heteroatoms. The molecule has 13 heavy (non-hydrogen) atoms. The molecule has 0 amide bonds. The molecule has 1 atom stereocenters. The maximum absolute atomic E-state index is 11.7. The summed E-state index contributed by atoms with van der Waals surface area (Å²) in [6.07, 6.45) is 3.09. The zero-order valence-electron chi connectivity index (χ0n) is 7.85. The lowest BCUT2D eigenvalue weighted by Crippen LogP contribution is -2.00. The van der Waals surface area contributed by atoms with Crippen LogP contribution in [-0.2, 0) is 9.73 Å². The summed E-state index contributed by atoms with van der Waals surface area (Å²) in [6.45, 7) is 0. The van der Waals surface area contributed by atoms with Gasteiger partial charge in [-0.05, 0) is 12.1 Å². The predicted molar refractivity (Wildman–Crippen MR) is 51.5 cm³/mol. The summed E-state index contributed by atoms with van der Waals surface area (Å²) in [4.78, 5) is 4.00. The first kappa shape index (κ1) is 9.98. The lowest BCUT2D eigenvalue weighted by molar-refractivity contribution is 0.412. The first-order valence-electron chi connectivity index (χ1n) is 3.70. The van der Waals surface area contributed by atoms with Crippen LogP contribution < -0.4 is 4.74 Å². The normalized spacial score (nSPS) is 14.7. The Hall–Kier alpha value is -1.10. The van der Waals surface area contributed by atoms with Gasteiger partial charge in [-0.25, -0.2) is 13.6 Å². The molecule has 0 aliphatic carbocycles. The molecule has 0 bridgehead atoms. The summed E-state index contributed by atoms with van der Waals surface area (Å²) < 4.78 is 20.4. The van der Waals surface area contributed by atoms with Crippen molar-refractivity contribution in [3.05, 3.63) is 18.3 Å². The number of nitrogens with zero attached hydrogens (tertiary/aromatic N) is 2. The van der Waals surface area contributed by atoms with Gasteiger partial charge >= 0.3 is 0 Å². The Morgan fingerprint density at radius 2 is 2.23 bits per heavy atom. The first-order chi connectivity index (χ1) is 6.10. The van der Waals surface area contributed by atoms with E-state index in [2.05, 4.69) is 9.35 Å². The van der Waals surface area contributed by atoms with E-state index in [0.717, 1.165) is 0 Å². The molecule has 0 aromatic carbocycles. The number of rotatable bonds is 2. The molecular formula is C8H12N2O2S. The Bertz CT molecular complexity index is 391. The predicted octanol–water partition coefficient (Wildman–Crippen LogP) is 1.18. The first-order valence-corrected chi connectivity index (χ1v) is 5.63. The highest BCUT2D eigenvalue weighted by Gasteiger charge is 2.05. The molecule has 0 fully saturated rings. The van der Waals surface area contributed by atoms with Crippen LogP contribution in [0.25, 0.3) is 0 Å². The van der Waals surface area contributed by atoms with E-state index in [1.54, 1.807) is 25.5 Å². The fourth-order valence-corrected chi connectivity index (χ4v) is 1.56. The van der Waals surface area contributed by atoms with Crippen LogP contribution in [0.2, 0.25) is 0 Å². The number of ether oxygens (including phenoxy) is 1. The Balaban J connectivity index is 3.14. The van der Waals surface area contributed by atoms with E-state index in [0.29, 0.717) is 10.8 Å². The Morgan fingerprint density at radius 1 is 1.54 bits per heavy atom. The van der Waals surface area contributed by atoms with E-state index < -0.39 is 9.73 Å². The quantitative estimate of drug-likeness (QED) is 0.720. The van der Waals surface area contributed by atoms with Crippen molar-refractivity contribution < 1.29 is 8.95 Å². The molecule has 1 unspecified atom stereocenters.